The van der Waals surface area contributed by atoms with Crippen LogP contribution in [0.25, 0.3) is 0 Å². The lowest BCUT2D eigenvalue weighted by molar-refractivity contribution is 0.475. The minimum atomic E-state index is 0.174. The van der Waals surface area contributed by atoms with Crippen molar-refractivity contribution in [1.82, 2.24) is 5.32 Å². The minimum Gasteiger partial charge on any atom is -0.508 e. The summed E-state index contributed by atoms with van der Waals surface area (Å²) in [6.45, 7) is 2.91. The number of benzene rings is 1. The molecule has 2 nitrogen and oxygen atoms in total. The fourth-order valence-corrected chi connectivity index (χ4v) is 3.50. The Morgan fingerprint density at radius 3 is 2.53 bits per heavy atom. The normalized spacial score (nSPS) is 12.6. The van der Waals surface area contributed by atoms with Gasteiger partial charge in [0.05, 0.1) is 8.67 Å². The van der Waals surface area contributed by atoms with Crippen LogP contribution in [0.2, 0.25) is 8.67 Å². The number of phenolic OH excluding ortho intramolecular Hbond substituents is 1. The van der Waals surface area contributed by atoms with Crippen molar-refractivity contribution in [2.45, 2.75) is 19.4 Å². The Kier molecular flexibility index (Phi) is 5.11. The Morgan fingerprint density at radius 1 is 1.26 bits per heavy atom. The van der Waals surface area contributed by atoms with Crippen LogP contribution in [0.15, 0.2) is 30.3 Å². The van der Waals surface area contributed by atoms with Gasteiger partial charge in [0.1, 0.15) is 5.75 Å². The average Bonchev–Trinajstić information content (AvgIpc) is 2.71. The summed E-state index contributed by atoms with van der Waals surface area (Å²) in [6, 6.07) is 9.34. The van der Waals surface area contributed by atoms with E-state index in [4.69, 9.17) is 23.2 Å². The number of thiophene rings is 1. The summed E-state index contributed by atoms with van der Waals surface area (Å²) in [4.78, 5) is 0. The Labute approximate surface area is 127 Å². The molecule has 0 aliphatic rings. The molecular formula is C14H15Cl2NOS. The molecule has 2 aromatic rings. The van der Waals surface area contributed by atoms with Crippen LogP contribution in [0.4, 0.5) is 0 Å². The molecular weight excluding hydrogens is 301 g/mol. The molecule has 0 bridgehead atoms. The molecule has 5 heteroatoms. The number of hydrogen-bond donors (Lipinski definition) is 2. The van der Waals surface area contributed by atoms with E-state index in [1.165, 1.54) is 16.9 Å². The molecule has 0 aliphatic carbocycles. The third-order valence-corrected chi connectivity index (χ3v) is 4.47. The van der Waals surface area contributed by atoms with Crippen molar-refractivity contribution in [3.8, 4) is 5.75 Å². The van der Waals surface area contributed by atoms with Crippen LogP contribution in [-0.4, -0.2) is 11.7 Å². The Balaban J connectivity index is 1.85. The molecule has 1 aromatic heterocycles. The maximum Gasteiger partial charge on any atom is 0.115 e. The summed E-state index contributed by atoms with van der Waals surface area (Å²) >= 11 is 13.4. The van der Waals surface area contributed by atoms with E-state index in [0.717, 1.165) is 22.9 Å². The van der Waals surface area contributed by atoms with Gasteiger partial charge < -0.3 is 10.4 Å². The predicted octanol–water partition coefficient (Wildman–Crippen LogP) is 4.65. The maximum atomic E-state index is 9.21. The largest absolute Gasteiger partial charge is 0.508 e. The average molecular weight is 316 g/mol. The van der Waals surface area contributed by atoms with Crippen molar-refractivity contribution in [1.29, 1.82) is 0 Å². The highest BCUT2D eigenvalue weighted by atomic mass is 35.5. The molecule has 0 aliphatic heterocycles. The zero-order chi connectivity index (χ0) is 13.8. The molecule has 2 N–H and O–H groups in total. The monoisotopic (exact) mass is 315 g/mol. The van der Waals surface area contributed by atoms with E-state index in [2.05, 4.69) is 12.2 Å². The molecule has 0 fully saturated rings. The number of halogens is 2. The van der Waals surface area contributed by atoms with Crippen molar-refractivity contribution >= 4 is 34.5 Å². The van der Waals surface area contributed by atoms with Gasteiger partial charge >= 0.3 is 0 Å². The van der Waals surface area contributed by atoms with E-state index in [1.54, 1.807) is 12.1 Å². The number of phenols is 1. The predicted molar refractivity (Wildman–Crippen MR) is 82.6 cm³/mol. The Bertz CT molecular complexity index is 539. The lowest BCUT2D eigenvalue weighted by Gasteiger charge is -2.13. The first-order valence-electron chi connectivity index (χ1n) is 6.02. The van der Waals surface area contributed by atoms with Gasteiger partial charge in [0, 0.05) is 6.04 Å². The summed E-state index contributed by atoms with van der Waals surface area (Å²) < 4.78 is 1.46. The Morgan fingerprint density at radius 2 is 1.95 bits per heavy atom. The summed E-state index contributed by atoms with van der Waals surface area (Å²) in [5.41, 5.74) is 2.23. The van der Waals surface area contributed by atoms with Crippen LogP contribution in [-0.2, 0) is 6.42 Å². The van der Waals surface area contributed by atoms with Gasteiger partial charge in [0.25, 0.3) is 0 Å². The zero-order valence-corrected chi connectivity index (χ0v) is 12.8. The third kappa shape index (κ3) is 4.11. The third-order valence-electron chi connectivity index (χ3n) is 2.95. The number of aromatic hydroxyl groups is 1. The van der Waals surface area contributed by atoms with Gasteiger partial charge in [0.2, 0.25) is 0 Å². The van der Waals surface area contributed by atoms with E-state index in [9.17, 15) is 5.11 Å². The number of rotatable bonds is 5. The van der Waals surface area contributed by atoms with Gasteiger partial charge in [-0.05, 0) is 49.2 Å². The smallest absolute Gasteiger partial charge is 0.115 e. The van der Waals surface area contributed by atoms with Crippen molar-refractivity contribution in [3.05, 3.63) is 50.1 Å². The molecule has 1 heterocycles. The summed E-state index contributed by atoms with van der Waals surface area (Å²) in [5.74, 6) is 0.296. The fourth-order valence-electron chi connectivity index (χ4n) is 1.85. The topological polar surface area (TPSA) is 32.3 Å². The molecule has 0 amide bonds. The standard InChI is InChI=1S/C14H15Cl2NOS/c1-9(12-8-13(15)19-14(12)16)17-7-6-10-2-4-11(18)5-3-10/h2-5,8-9,17-18H,6-7H2,1H3. The van der Waals surface area contributed by atoms with Gasteiger partial charge in [-0.1, -0.05) is 35.3 Å². The van der Waals surface area contributed by atoms with Crippen molar-refractivity contribution < 1.29 is 5.11 Å². The van der Waals surface area contributed by atoms with Gasteiger partial charge in [-0.25, -0.2) is 0 Å². The van der Waals surface area contributed by atoms with Crippen molar-refractivity contribution in [2.75, 3.05) is 6.54 Å². The van der Waals surface area contributed by atoms with Crippen molar-refractivity contribution in [3.63, 3.8) is 0 Å². The zero-order valence-electron chi connectivity index (χ0n) is 10.5. The van der Waals surface area contributed by atoms with Gasteiger partial charge in [-0.3, -0.25) is 0 Å². The number of hydrogen-bond acceptors (Lipinski definition) is 3. The van der Waals surface area contributed by atoms with Crippen molar-refractivity contribution in [2.24, 2.45) is 0 Å². The highest BCUT2D eigenvalue weighted by molar-refractivity contribution is 7.20. The van der Waals surface area contributed by atoms with Gasteiger partial charge in [0.15, 0.2) is 0 Å². The summed E-state index contributed by atoms with van der Waals surface area (Å²) in [6.07, 6.45) is 0.903. The highest BCUT2D eigenvalue weighted by Crippen LogP contribution is 2.34. The Hall–Kier alpha value is -0.740. The SMILES string of the molecule is CC(NCCc1ccc(O)cc1)c1cc(Cl)sc1Cl. The molecule has 102 valence electrons. The summed E-state index contributed by atoms with van der Waals surface area (Å²) in [7, 11) is 0. The molecule has 1 unspecified atom stereocenters. The first kappa shape index (κ1) is 14.7. The molecule has 0 saturated heterocycles. The quantitative estimate of drug-likeness (QED) is 0.841. The molecule has 1 aromatic carbocycles. The van der Waals surface area contributed by atoms with Crippen LogP contribution in [0.3, 0.4) is 0 Å². The minimum absolute atomic E-state index is 0.174. The second-order valence-electron chi connectivity index (χ2n) is 4.37. The molecule has 0 spiro atoms. The lowest BCUT2D eigenvalue weighted by atomic mass is 10.1. The van der Waals surface area contributed by atoms with Gasteiger partial charge in [-0.2, -0.15) is 0 Å². The number of nitrogens with one attached hydrogen (secondary N) is 1. The maximum absolute atomic E-state index is 9.21. The molecule has 2 rings (SSSR count). The first-order valence-corrected chi connectivity index (χ1v) is 7.59. The van der Waals surface area contributed by atoms with Crippen LogP contribution in [0.1, 0.15) is 24.1 Å². The summed E-state index contributed by atoms with van der Waals surface area (Å²) in [5, 5.41) is 12.6. The molecule has 0 radical (unpaired) electrons. The van der Waals surface area contributed by atoms with Crippen LogP contribution < -0.4 is 5.32 Å². The molecule has 1 atom stereocenters. The van der Waals surface area contributed by atoms with E-state index in [0.29, 0.717) is 10.1 Å². The molecule has 19 heavy (non-hydrogen) atoms. The molecule has 0 saturated carbocycles. The second kappa shape index (κ2) is 6.62. The van der Waals surface area contributed by atoms with Gasteiger partial charge in [-0.15, -0.1) is 11.3 Å². The van der Waals surface area contributed by atoms with E-state index in [-0.39, 0.29) is 6.04 Å². The lowest BCUT2D eigenvalue weighted by Crippen LogP contribution is -2.21. The van der Waals surface area contributed by atoms with E-state index in [1.807, 2.05) is 18.2 Å². The highest BCUT2D eigenvalue weighted by Gasteiger charge is 2.12. The van der Waals surface area contributed by atoms with Crippen LogP contribution in [0, 0.1) is 0 Å². The first-order chi connectivity index (χ1) is 9.06. The van der Waals surface area contributed by atoms with Crippen LogP contribution >= 0.6 is 34.5 Å². The fraction of sp³-hybridized carbons (Fsp3) is 0.286. The van der Waals surface area contributed by atoms with E-state index >= 15 is 0 Å². The second-order valence-corrected chi connectivity index (χ2v) is 6.66. The van der Waals surface area contributed by atoms with Crippen LogP contribution in [0.5, 0.6) is 5.75 Å². The van der Waals surface area contributed by atoms with E-state index < -0.39 is 0 Å².